The third kappa shape index (κ3) is 0.758. The average molecular weight is 150 g/mol. The lowest BCUT2D eigenvalue weighted by Gasteiger charge is -2.36. The van der Waals surface area contributed by atoms with Crippen LogP contribution in [-0.4, -0.2) is 0 Å². The van der Waals surface area contributed by atoms with E-state index in [0.717, 1.165) is 17.8 Å². The predicted molar refractivity (Wildman–Crippen MR) is 48.3 cm³/mol. The SMILES string of the molecule is CCC1(C)C2C=CC(C2)C1C. The molecule has 2 aliphatic rings. The largest absolute Gasteiger partial charge is 0.0848 e. The summed E-state index contributed by atoms with van der Waals surface area (Å²) in [4.78, 5) is 0. The van der Waals surface area contributed by atoms with Gasteiger partial charge in [-0.3, -0.25) is 0 Å². The first-order chi connectivity index (χ1) is 5.18. The summed E-state index contributed by atoms with van der Waals surface area (Å²) >= 11 is 0. The van der Waals surface area contributed by atoms with Crippen LogP contribution in [0, 0.1) is 23.2 Å². The topological polar surface area (TPSA) is 0 Å². The van der Waals surface area contributed by atoms with E-state index < -0.39 is 0 Å². The van der Waals surface area contributed by atoms with E-state index in [1.54, 1.807) is 0 Å². The van der Waals surface area contributed by atoms with Gasteiger partial charge in [0.1, 0.15) is 0 Å². The minimum Gasteiger partial charge on any atom is -0.0848 e. The van der Waals surface area contributed by atoms with Crippen LogP contribution in [0.5, 0.6) is 0 Å². The second kappa shape index (κ2) is 2.12. The first kappa shape index (κ1) is 7.39. The van der Waals surface area contributed by atoms with Gasteiger partial charge in [-0.2, -0.15) is 0 Å². The highest BCUT2D eigenvalue weighted by Gasteiger charge is 2.49. The molecule has 0 saturated heterocycles. The first-order valence-corrected chi connectivity index (χ1v) is 4.87. The molecule has 0 heteroatoms. The van der Waals surface area contributed by atoms with Crippen LogP contribution in [0.15, 0.2) is 12.2 Å². The summed E-state index contributed by atoms with van der Waals surface area (Å²) in [5.74, 6) is 2.72. The average Bonchev–Trinajstić information content (AvgIpc) is 2.56. The molecule has 2 aliphatic carbocycles. The molecule has 0 aromatic heterocycles. The molecule has 4 unspecified atom stereocenters. The van der Waals surface area contributed by atoms with Crippen molar-refractivity contribution < 1.29 is 0 Å². The lowest BCUT2D eigenvalue weighted by Crippen LogP contribution is -2.28. The molecular formula is C11H18. The van der Waals surface area contributed by atoms with Crippen LogP contribution in [0.2, 0.25) is 0 Å². The highest BCUT2D eigenvalue weighted by molar-refractivity contribution is 5.16. The molecule has 11 heavy (non-hydrogen) atoms. The smallest absolute Gasteiger partial charge is 0.0171 e. The molecule has 0 aliphatic heterocycles. The molecule has 1 saturated carbocycles. The van der Waals surface area contributed by atoms with Crippen LogP contribution in [0.3, 0.4) is 0 Å². The molecule has 4 atom stereocenters. The van der Waals surface area contributed by atoms with E-state index >= 15 is 0 Å². The van der Waals surface area contributed by atoms with Gasteiger partial charge in [0.2, 0.25) is 0 Å². The van der Waals surface area contributed by atoms with Gasteiger partial charge in [0.25, 0.3) is 0 Å². The van der Waals surface area contributed by atoms with Crippen LogP contribution in [0.4, 0.5) is 0 Å². The van der Waals surface area contributed by atoms with E-state index in [9.17, 15) is 0 Å². The van der Waals surface area contributed by atoms with E-state index in [1.165, 1.54) is 12.8 Å². The molecule has 0 nitrogen and oxygen atoms in total. The van der Waals surface area contributed by atoms with Crippen LogP contribution >= 0.6 is 0 Å². The third-order valence-corrected chi connectivity index (χ3v) is 4.41. The number of allylic oxidation sites excluding steroid dienone is 2. The Labute approximate surface area is 69.7 Å². The van der Waals surface area contributed by atoms with E-state index in [4.69, 9.17) is 0 Å². The molecular weight excluding hydrogens is 132 g/mol. The number of fused-ring (bicyclic) bond motifs is 2. The van der Waals surface area contributed by atoms with E-state index in [1.807, 2.05) is 0 Å². The highest BCUT2D eigenvalue weighted by Crippen LogP contribution is 2.57. The monoisotopic (exact) mass is 150 g/mol. The maximum atomic E-state index is 2.46. The highest BCUT2D eigenvalue weighted by atomic mass is 14.5. The van der Waals surface area contributed by atoms with Gasteiger partial charge in [-0.05, 0) is 36.0 Å². The molecule has 2 bridgehead atoms. The fraction of sp³-hybridized carbons (Fsp3) is 0.818. The Morgan fingerprint density at radius 3 is 2.55 bits per heavy atom. The molecule has 0 N–H and O–H groups in total. The van der Waals surface area contributed by atoms with Gasteiger partial charge in [0, 0.05) is 0 Å². The number of rotatable bonds is 1. The van der Waals surface area contributed by atoms with Crippen LogP contribution in [0.25, 0.3) is 0 Å². The standard InChI is InChI=1S/C11H18/c1-4-11(3)8(2)9-5-6-10(11)7-9/h5-6,8-10H,4,7H2,1-3H3. The van der Waals surface area contributed by atoms with Crippen molar-refractivity contribution in [1.82, 2.24) is 0 Å². The summed E-state index contributed by atoms with van der Waals surface area (Å²) in [7, 11) is 0. The Kier molecular flexibility index (Phi) is 1.42. The van der Waals surface area contributed by atoms with Crippen LogP contribution in [-0.2, 0) is 0 Å². The molecule has 2 rings (SSSR count). The van der Waals surface area contributed by atoms with Gasteiger partial charge in [0.05, 0.1) is 0 Å². The molecule has 0 spiro atoms. The lowest BCUT2D eigenvalue weighted by atomic mass is 9.69. The molecule has 0 heterocycles. The Morgan fingerprint density at radius 1 is 1.45 bits per heavy atom. The second-order valence-corrected chi connectivity index (χ2v) is 4.54. The van der Waals surface area contributed by atoms with Crippen molar-refractivity contribution in [1.29, 1.82) is 0 Å². The summed E-state index contributed by atoms with van der Waals surface area (Å²) in [5.41, 5.74) is 0.624. The van der Waals surface area contributed by atoms with Gasteiger partial charge in [0.15, 0.2) is 0 Å². The quantitative estimate of drug-likeness (QED) is 0.503. The van der Waals surface area contributed by atoms with Crippen molar-refractivity contribution in [2.45, 2.75) is 33.6 Å². The Hall–Kier alpha value is -0.260. The fourth-order valence-electron chi connectivity index (χ4n) is 3.00. The zero-order valence-corrected chi connectivity index (χ0v) is 7.80. The first-order valence-electron chi connectivity index (χ1n) is 4.87. The normalized spacial score (nSPS) is 53.9. The van der Waals surface area contributed by atoms with Crippen molar-refractivity contribution in [3.63, 3.8) is 0 Å². The predicted octanol–water partition coefficient (Wildman–Crippen LogP) is 3.24. The van der Waals surface area contributed by atoms with E-state index in [-0.39, 0.29) is 0 Å². The van der Waals surface area contributed by atoms with E-state index in [2.05, 4.69) is 32.9 Å². The van der Waals surface area contributed by atoms with Crippen molar-refractivity contribution in [3.05, 3.63) is 12.2 Å². The summed E-state index contributed by atoms with van der Waals surface area (Å²) in [6, 6.07) is 0. The number of hydrogen-bond acceptors (Lipinski definition) is 0. The van der Waals surface area contributed by atoms with Crippen LogP contribution < -0.4 is 0 Å². The van der Waals surface area contributed by atoms with Crippen molar-refractivity contribution in [2.24, 2.45) is 23.2 Å². The summed E-state index contributed by atoms with van der Waals surface area (Å²) < 4.78 is 0. The van der Waals surface area contributed by atoms with Gasteiger partial charge in [-0.1, -0.05) is 32.9 Å². The molecule has 62 valence electrons. The third-order valence-electron chi connectivity index (χ3n) is 4.41. The van der Waals surface area contributed by atoms with Gasteiger partial charge in [-0.15, -0.1) is 0 Å². The Morgan fingerprint density at radius 2 is 2.18 bits per heavy atom. The fourth-order valence-corrected chi connectivity index (χ4v) is 3.00. The van der Waals surface area contributed by atoms with Crippen molar-refractivity contribution in [3.8, 4) is 0 Å². The summed E-state index contributed by atoms with van der Waals surface area (Å²) in [6.07, 6.45) is 7.67. The lowest BCUT2D eigenvalue weighted by molar-refractivity contribution is 0.172. The van der Waals surface area contributed by atoms with Gasteiger partial charge in [-0.25, -0.2) is 0 Å². The van der Waals surface area contributed by atoms with Crippen molar-refractivity contribution >= 4 is 0 Å². The molecule has 0 aromatic rings. The van der Waals surface area contributed by atoms with Crippen molar-refractivity contribution in [2.75, 3.05) is 0 Å². The number of hydrogen-bond donors (Lipinski definition) is 0. The second-order valence-electron chi connectivity index (χ2n) is 4.54. The Bertz CT molecular complexity index is 192. The Balaban J connectivity index is 2.31. The van der Waals surface area contributed by atoms with Crippen LogP contribution in [0.1, 0.15) is 33.6 Å². The maximum Gasteiger partial charge on any atom is -0.0171 e. The maximum absolute atomic E-state index is 2.46. The molecule has 0 radical (unpaired) electrons. The molecule has 1 fully saturated rings. The summed E-state index contributed by atoms with van der Waals surface area (Å²) in [5, 5.41) is 0. The molecule has 0 aromatic carbocycles. The zero-order chi connectivity index (χ0) is 8.06. The van der Waals surface area contributed by atoms with E-state index in [0.29, 0.717) is 5.41 Å². The zero-order valence-electron chi connectivity index (χ0n) is 7.80. The molecule has 0 amide bonds. The van der Waals surface area contributed by atoms with Gasteiger partial charge < -0.3 is 0 Å². The minimum atomic E-state index is 0.624. The summed E-state index contributed by atoms with van der Waals surface area (Å²) in [6.45, 7) is 7.23. The minimum absolute atomic E-state index is 0.624. The van der Waals surface area contributed by atoms with Gasteiger partial charge >= 0.3 is 0 Å².